The number of rotatable bonds is 4. The van der Waals surface area contributed by atoms with E-state index < -0.39 is 0 Å². The van der Waals surface area contributed by atoms with E-state index in [9.17, 15) is 0 Å². The molecule has 0 saturated heterocycles. The van der Waals surface area contributed by atoms with E-state index in [2.05, 4.69) is 19.9 Å². The van der Waals surface area contributed by atoms with Gasteiger partial charge in [-0.05, 0) is 18.6 Å². The topological polar surface area (TPSA) is 130 Å². The number of hydrogen-bond donors (Lipinski definition) is 3. The quantitative estimate of drug-likeness (QED) is 0.494. The molecule has 1 unspecified atom stereocenters. The molecular weight excluding hydrogens is 310 g/mol. The number of anilines is 1. The highest BCUT2D eigenvalue weighted by Gasteiger charge is 2.14. The summed E-state index contributed by atoms with van der Waals surface area (Å²) in [5, 5.41) is 10.5. The van der Waals surface area contributed by atoms with Crippen LogP contribution in [0.25, 0.3) is 10.9 Å². The van der Waals surface area contributed by atoms with Crippen molar-refractivity contribution in [2.45, 2.75) is 23.9 Å². The van der Waals surface area contributed by atoms with Gasteiger partial charge in [-0.2, -0.15) is 5.26 Å². The number of nitrogens with two attached hydrogens (primary N) is 2. The van der Waals surface area contributed by atoms with Crippen molar-refractivity contribution in [3.8, 4) is 6.07 Å². The first kappa shape index (κ1) is 15.3. The Morgan fingerprint density at radius 1 is 1.39 bits per heavy atom. The molecule has 116 valence electrons. The molecule has 8 heteroatoms. The minimum atomic E-state index is 0.00765. The van der Waals surface area contributed by atoms with Crippen LogP contribution < -0.4 is 11.5 Å². The number of nitriles is 1. The summed E-state index contributed by atoms with van der Waals surface area (Å²) < 4.78 is 0. The van der Waals surface area contributed by atoms with E-state index >= 15 is 0 Å². The van der Waals surface area contributed by atoms with Crippen molar-refractivity contribution in [2.24, 2.45) is 5.73 Å². The highest BCUT2D eigenvalue weighted by Crippen LogP contribution is 2.33. The summed E-state index contributed by atoms with van der Waals surface area (Å²) in [4.78, 5) is 15.9. The summed E-state index contributed by atoms with van der Waals surface area (Å²) in [6.07, 6.45) is 3.69. The van der Waals surface area contributed by atoms with Crippen LogP contribution in [0.15, 0.2) is 29.7 Å². The standard InChI is InChI=1S/C15H15N7S/c1-8(23-15-21-10(5-17)2-14(18)22-15)12-3-11-9(4-16)6-19-13(11)7-20-12/h2-3,6-8,19H,4,16H2,1H3,(H2,18,21,22). The number of nitrogens with one attached hydrogen (secondary N) is 1. The van der Waals surface area contributed by atoms with E-state index in [1.54, 1.807) is 6.20 Å². The fraction of sp³-hybridized carbons (Fsp3) is 0.200. The molecule has 3 rings (SSSR count). The fourth-order valence-electron chi connectivity index (χ4n) is 2.26. The number of aromatic nitrogens is 4. The molecule has 3 heterocycles. The Balaban J connectivity index is 1.90. The van der Waals surface area contributed by atoms with Gasteiger partial charge in [-0.15, -0.1) is 0 Å². The van der Waals surface area contributed by atoms with E-state index in [1.807, 2.05) is 25.3 Å². The summed E-state index contributed by atoms with van der Waals surface area (Å²) in [6.45, 7) is 2.47. The predicted octanol–water partition coefficient (Wildman–Crippen LogP) is 2.12. The Morgan fingerprint density at radius 2 is 2.22 bits per heavy atom. The first-order valence-corrected chi connectivity index (χ1v) is 7.86. The first-order chi connectivity index (χ1) is 11.1. The average Bonchev–Trinajstić information content (AvgIpc) is 2.96. The Bertz CT molecular complexity index is 896. The van der Waals surface area contributed by atoms with Crippen molar-refractivity contribution in [2.75, 3.05) is 5.73 Å². The number of nitrogen functional groups attached to an aromatic ring is 1. The van der Waals surface area contributed by atoms with Crippen LogP contribution in [0.4, 0.5) is 5.82 Å². The largest absolute Gasteiger partial charge is 0.384 e. The van der Waals surface area contributed by atoms with Crippen molar-refractivity contribution in [3.05, 3.63) is 41.5 Å². The van der Waals surface area contributed by atoms with Gasteiger partial charge in [0, 0.05) is 24.2 Å². The number of pyridine rings is 1. The third-order valence-electron chi connectivity index (χ3n) is 3.43. The zero-order chi connectivity index (χ0) is 16.4. The van der Waals surface area contributed by atoms with E-state index in [0.29, 0.717) is 11.7 Å². The number of thioether (sulfide) groups is 1. The number of nitrogens with zero attached hydrogens (tertiary/aromatic N) is 4. The Kier molecular flexibility index (Phi) is 4.14. The van der Waals surface area contributed by atoms with Crippen LogP contribution in [0, 0.1) is 11.3 Å². The molecule has 0 aromatic carbocycles. The van der Waals surface area contributed by atoms with Crippen molar-refractivity contribution < 1.29 is 0 Å². The van der Waals surface area contributed by atoms with Crippen molar-refractivity contribution in [1.82, 2.24) is 19.9 Å². The second-order valence-corrected chi connectivity index (χ2v) is 6.31. The smallest absolute Gasteiger partial charge is 0.191 e. The van der Waals surface area contributed by atoms with Crippen LogP contribution in [0.1, 0.15) is 29.1 Å². The van der Waals surface area contributed by atoms with Gasteiger partial charge in [-0.3, -0.25) is 4.98 Å². The minimum Gasteiger partial charge on any atom is -0.384 e. The van der Waals surface area contributed by atoms with E-state index in [1.165, 1.54) is 17.8 Å². The number of H-pyrrole nitrogens is 1. The summed E-state index contributed by atoms with van der Waals surface area (Å²) >= 11 is 1.41. The summed E-state index contributed by atoms with van der Waals surface area (Å²) in [5.74, 6) is 0.283. The maximum Gasteiger partial charge on any atom is 0.191 e. The second kappa shape index (κ2) is 6.24. The van der Waals surface area contributed by atoms with Crippen LogP contribution in [0.3, 0.4) is 0 Å². The van der Waals surface area contributed by atoms with Crippen molar-refractivity contribution >= 4 is 28.5 Å². The molecular formula is C15H15N7S. The van der Waals surface area contributed by atoms with Gasteiger partial charge in [-0.1, -0.05) is 11.8 Å². The van der Waals surface area contributed by atoms with Gasteiger partial charge in [-0.25, -0.2) is 9.97 Å². The Hall–Kier alpha value is -2.63. The highest BCUT2D eigenvalue weighted by atomic mass is 32.2. The zero-order valence-electron chi connectivity index (χ0n) is 12.4. The molecule has 5 N–H and O–H groups in total. The summed E-state index contributed by atoms with van der Waals surface area (Å²) in [7, 11) is 0. The van der Waals surface area contributed by atoms with Crippen LogP contribution in [0.2, 0.25) is 0 Å². The molecule has 0 aliphatic rings. The lowest BCUT2D eigenvalue weighted by Crippen LogP contribution is -2.00. The highest BCUT2D eigenvalue weighted by molar-refractivity contribution is 7.99. The molecule has 0 fully saturated rings. The third kappa shape index (κ3) is 3.11. The monoisotopic (exact) mass is 325 g/mol. The lowest BCUT2D eigenvalue weighted by atomic mass is 10.1. The fourth-order valence-corrected chi connectivity index (χ4v) is 3.13. The van der Waals surface area contributed by atoms with Gasteiger partial charge in [0.25, 0.3) is 0 Å². The molecule has 23 heavy (non-hydrogen) atoms. The average molecular weight is 325 g/mol. The molecule has 0 bridgehead atoms. The van der Waals surface area contributed by atoms with Gasteiger partial charge in [0.05, 0.1) is 22.7 Å². The maximum absolute atomic E-state index is 8.96. The molecule has 0 radical (unpaired) electrons. The first-order valence-electron chi connectivity index (χ1n) is 6.98. The molecule has 7 nitrogen and oxygen atoms in total. The molecule has 0 spiro atoms. The van der Waals surface area contributed by atoms with Gasteiger partial charge >= 0.3 is 0 Å². The zero-order valence-corrected chi connectivity index (χ0v) is 13.3. The molecule has 0 saturated carbocycles. The third-order valence-corrected chi connectivity index (χ3v) is 4.42. The van der Waals surface area contributed by atoms with Gasteiger partial charge in [0.1, 0.15) is 17.6 Å². The van der Waals surface area contributed by atoms with Crippen molar-refractivity contribution in [3.63, 3.8) is 0 Å². The number of aromatic amines is 1. The molecule has 0 amide bonds. The van der Waals surface area contributed by atoms with Crippen LogP contribution >= 0.6 is 11.8 Å². The van der Waals surface area contributed by atoms with Gasteiger partial charge in [0.15, 0.2) is 5.16 Å². The van der Waals surface area contributed by atoms with Crippen LogP contribution in [-0.2, 0) is 6.54 Å². The SMILES string of the molecule is CC(Sc1nc(N)cc(C#N)n1)c1cc2c(CN)c[nH]c2cn1. The molecule has 0 aliphatic heterocycles. The second-order valence-electron chi connectivity index (χ2n) is 5.01. The van der Waals surface area contributed by atoms with E-state index in [4.69, 9.17) is 16.7 Å². The predicted molar refractivity (Wildman–Crippen MR) is 89.4 cm³/mol. The number of fused-ring (bicyclic) bond motifs is 1. The van der Waals surface area contributed by atoms with Crippen LogP contribution in [-0.4, -0.2) is 19.9 Å². The maximum atomic E-state index is 8.96. The molecule has 0 aliphatic carbocycles. The number of hydrogen-bond acceptors (Lipinski definition) is 7. The molecule has 1 atom stereocenters. The molecule has 3 aromatic rings. The Morgan fingerprint density at radius 3 is 2.96 bits per heavy atom. The summed E-state index contributed by atoms with van der Waals surface area (Å²) in [6, 6.07) is 5.45. The normalized spacial score (nSPS) is 12.2. The summed E-state index contributed by atoms with van der Waals surface area (Å²) in [5.41, 5.74) is 14.6. The van der Waals surface area contributed by atoms with E-state index in [0.717, 1.165) is 22.2 Å². The van der Waals surface area contributed by atoms with Crippen LogP contribution in [0.5, 0.6) is 0 Å². The van der Waals surface area contributed by atoms with Crippen molar-refractivity contribution in [1.29, 1.82) is 5.26 Å². The lowest BCUT2D eigenvalue weighted by molar-refractivity contribution is 0.936. The lowest BCUT2D eigenvalue weighted by Gasteiger charge is -2.10. The van der Waals surface area contributed by atoms with E-state index in [-0.39, 0.29) is 16.8 Å². The Labute approximate surface area is 137 Å². The molecule has 3 aromatic heterocycles. The minimum absolute atomic E-state index is 0.00765. The van der Waals surface area contributed by atoms with Gasteiger partial charge < -0.3 is 16.5 Å². The van der Waals surface area contributed by atoms with Gasteiger partial charge in [0.2, 0.25) is 0 Å².